The molecule has 0 spiro atoms. The van der Waals surface area contributed by atoms with Crippen LogP contribution in [0.3, 0.4) is 0 Å². The number of hydrogen-bond acceptors (Lipinski definition) is 0. The summed E-state index contributed by atoms with van der Waals surface area (Å²) in [6, 6.07) is 8.67. The Morgan fingerprint density at radius 3 is 2.00 bits per heavy atom. The van der Waals surface area contributed by atoms with Crippen molar-refractivity contribution < 1.29 is 0 Å². The average Bonchev–Trinajstić information content (AvgIpc) is 3.03. The third-order valence-electron chi connectivity index (χ3n) is 5.28. The highest BCUT2D eigenvalue weighted by atomic mass is 14.5. The Morgan fingerprint density at radius 2 is 1.43 bits per heavy atom. The van der Waals surface area contributed by atoms with Crippen molar-refractivity contribution in [1.29, 1.82) is 0 Å². The molecule has 0 N–H and O–H groups in total. The van der Waals surface area contributed by atoms with Crippen LogP contribution in [0.1, 0.15) is 31.9 Å². The van der Waals surface area contributed by atoms with Gasteiger partial charge in [0.2, 0.25) is 0 Å². The third-order valence-corrected chi connectivity index (χ3v) is 5.28. The third kappa shape index (κ3) is 4.00. The van der Waals surface area contributed by atoms with Gasteiger partial charge in [-0.1, -0.05) is 123 Å². The van der Waals surface area contributed by atoms with E-state index in [1.54, 1.807) is 0 Å². The van der Waals surface area contributed by atoms with Gasteiger partial charge in [0.05, 0.1) is 5.41 Å². The van der Waals surface area contributed by atoms with E-state index in [-0.39, 0.29) is 0 Å². The molecule has 0 nitrogen and oxygen atoms in total. The minimum absolute atomic E-state index is 0.472. The first-order chi connectivity index (χ1) is 14.7. The molecule has 0 aromatic heterocycles. The normalized spacial score (nSPS) is 20.1. The van der Waals surface area contributed by atoms with Gasteiger partial charge < -0.3 is 0 Å². The zero-order valence-electron chi connectivity index (χ0n) is 18.4. The zero-order valence-corrected chi connectivity index (χ0v) is 18.4. The van der Waals surface area contributed by atoms with Crippen molar-refractivity contribution in [3.8, 4) is 0 Å². The van der Waals surface area contributed by atoms with Crippen molar-refractivity contribution in [2.75, 3.05) is 0 Å². The molecular formula is C30H32. The van der Waals surface area contributed by atoms with Crippen molar-refractivity contribution in [2.45, 2.75) is 26.2 Å². The van der Waals surface area contributed by atoms with E-state index in [0.717, 1.165) is 5.57 Å². The van der Waals surface area contributed by atoms with Crippen molar-refractivity contribution in [2.24, 2.45) is 0 Å². The molecule has 0 bridgehead atoms. The lowest BCUT2D eigenvalue weighted by molar-refractivity contribution is 0.756. The maximum absolute atomic E-state index is 4.00. The number of rotatable bonds is 9. The molecule has 1 aliphatic carbocycles. The molecule has 1 aromatic carbocycles. The summed E-state index contributed by atoms with van der Waals surface area (Å²) < 4.78 is 0. The molecule has 1 atom stereocenters. The molecule has 0 heterocycles. The minimum Gasteiger partial charge on any atom is -0.0991 e. The molecule has 30 heavy (non-hydrogen) atoms. The Hall–Kier alpha value is -3.38. The van der Waals surface area contributed by atoms with Crippen LogP contribution in [0.25, 0.3) is 5.57 Å². The predicted molar refractivity (Wildman–Crippen MR) is 135 cm³/mol. The van der Waals surface area contributed by atoms with Crippen LogP contribution in [0.2, 0.25) is 0 Å². The molecule has 0 radical (unpaired) electrons. The highest BCUT2D eigenvalue weighted by Crippen LogP contribution is 2.56. The Morgan fingerprint density at radius 1 is 0.800 bits per heavy atom. The molecule has 1 aromatic rings. The number of benzene rings is 1. The van der Waals surface area contributed by atoms with Crippen molar-refractivity contribution in [1.82, 2.24) is 0 Å². The fraction of sp³-hybridized carbons (Fsp3) is 0.133. The summed E-state index contributed by atoms with van der Waals surface area (Å²) in [5, 5.41) is 0. The largest absolute Gasteiger partial charge is 0.0991 e. The van der Waals surface area contributed by atoms with E-state index in [1.807, 2.05) is 30.4 Å². The quantitative estimate of drug-likeness (QED) is 0.370. The van der Waals surface area contributed by atoms with Gasteiger partial charge in [-0.15, -0.1) is 0 Å². The summed E-state index contributed by atoms with van der Waals surface area (Å²) in [5.41, 5.74) is 6.84. The molecule has 0 saturated carbocycles. The lowest BCUT2D eigenvalue weighted by Crippen LogP contribution is -2.30. The van der Waals surface area contributed by atoms with E-state index in [0.29, 0.717) is 0 Å². The first-order valence-corrected chi connectivity index (χ1v) is 10.3. The van der Waals surface area contributed by atoms with Crippen molar-refractivity contribution in [3.05, 3.63) is 151 Å². The molecule has 0 amide bonds. The summed E-state index contributed by atoms with van der Waals surface area (Å²) in [7, 11) is 0. The Balaban J connectivity index is 3.16. The SMILES string of the molecule is C=C/C=C\C(=C/C)C1(C(/C=C\C=C)=C/C=C)C(/C=C\C)=C(/C=C\C)c2ccccc21. The van der Waals surface area contributed by atoms with Crippen LogP contribution in [-0.4, -0.2) is 0 Å². The average molecular weight is 393 g/mol. The van der Waals surface area contributed by atoms with Gasteiger partial charge in [0, 0.05) is 0 Å². The molecule has 1 unspecified atom stereocenters. The van der Waals surface area contributed by atoms with Crippen LogP contribution in [-0.2, 0) is 5.41 Å². The zero-order chi connectivity index (χ0) is 22.0. The fourth-order valence-corrected chi connectivity index (χ4v) is 4.27. The van der Waals surface area contributed by atoms with Gasteiger partial charge in [-0.05, 0) is 54.2 Å². The molecule has 0 fully saturated rings. The number of fused-ring (bicyclic) bond motifs is 1. The summed E-state index contributed by atoms with van der Waals surface area (Å²) in [6.45, 7) is 18.0. The van der Waals surface area contributed by atoms with Gasteiger partial charge in [-0.2, -0.15) is 0 Å². The summed E-state index contributed by atoms with van der Waals surface area (Å²) in [5.74, 6) is 0. The molecule has 0 heteroatoms. The monoisotopic (exact) mass is 392 g/mol. The Labute approximate surface area is 182 Å². The van der Waals surface area contributed by atoms with Crippen LogP contribution in [0.15, 0.2) is 140 Å². The highest BCUT2D eigenvalue weighted by molar-refractivity contribution is 5.92. The number of hydrogen-bond donors (Lipinski definition) is 0. The van der Waals surface area contributed by atoms with Gasteiger partial charge in [-0.3, -0.25) is 0 Å². The maximum atomic E-state index is 4.00. The molecule has 152 valence electrons. The molecular weight excluding hydrogens is 360 g/mol. The van der Waals surface area contributed by atoms with Crippen LogP contribution in [0.4, 0.5) is 0 Å². The van der Waals surface area contributed by atoms with E-state index in [9.17, 15) is 0 Å². The van der Waals surface area contributed by atoms with Crippen LogP contribution < -0.4 is 0 Å². The van der Waals surface area contributed by atoms with E-state index >= 15 is 0 Å². The Bertz CT molecular complexity index is 1010. The maximum Gasteiger partial charge on any atom is 0.0710 e. The second-order valence-corrected chi connectivity index (χ2v) is 6.91. The summed E-state index contributed by atoms with van der Waals surface area (Å²) >= 11 is 0. The summed E-state index contributed by atoms with van der Waals surface area (Å²) in [4.78, 5) is 0. The highest BCUT2D eigenvalue weighted by Gasteiger charge is 2.47. The second kappa shape index (κ2) is 11.0. The van der Waals surface area contributed by atoms with Crippen LogP contribution in [0, 0.1) is 0 Å². The predicted octanol–water partition coefficient (Wildman–Crippen LogP) is 8.39. The van der Waals surface area contributed by atoms with Crippen LogP contribution >= 0.6 is 0 Å². The smallest absolute Gasteiger partial charge is 0.0710 e. The summed E-state index contributed by atoms with van der Waals surface area (Å²) in [6.07, 6.45) is 26.7. The van der Waals surface area contributed by atoms with Gasteiger partial charge in [-0.25, -0.2) is 0 Å². The van der Waals surface area contributed by atoms with E-state index in [1.165, 1.54) is 27.8 Å². The minimum atomic E-state index is -0.472. The van der Waals surface area contributed by atoms with E-state index < -0.39 is 5.41 Å². The Kier molecular flexibility index (Phi) is 8.38. The first-order valence-electron chi connectivity index (χ1n) is 10.3. The van der Waals surface area contributed by atoms with E-state index in [4.69, 9.17) is 0 Å². The van der Waals surface area contributed by atoms with Gasteiger partial charge in [0.15, 0.2) is 0 Å². The molecule has 2 rings (SSSR count). The first kappa shape index (κ1) is 22.9. The lowest BCUT2D eigenvalue weighted by atomic mass is 9.65. The number of allylic oxidation sites excluding steroid dienone is 17. The lowest BCUT2D eigenvalue weighted by Gasteiger charge is -2.36. The second-order valence-electron chi connectivity index (χ2n) is 6.91. The van der Waals surface area contributed by atoms with Crippen molar-refractivity contribution >= 4 is 5.57 Å². The standard InChI is InChI=1S/C30H32/c1-7-13-20-24(12-6)30(25(17-9-3)21-14-8-2)28(19-11-5)26(18-10-4)27-22-15-16-23-29(27)30/h7-23H,1-3H2,4-6H3/b18-10-,19-11-,20-13-,21-14-,24-12+,25-17+. The molecule has 0 aliphatic heterocycles. The molecule has 1 aliphatic rings. The van der Waals surface area contributed by atoms with Crippen molar-refractivity contribution in [3.63, 3.8) is 0 Å². The van der Waals surface area contributed by atoms with Gasteiger partial charge in [0.1, 0.15) is 0 Å². The fourth-order valence-electron chi connectivity index (χ4n) is 4.27. The van der Waals surface area contributed by atoms with Gasteiger partial charge in [0.25, 0.3) is 0 Å². The van der Waals surface area contributed by atoms with Crippen LogP contribution in [0.5, 0.6) is 0 Å². The topological polar surface area (TPSA) is 0 Å². The van der Waals surface area contributed by atoms with E-state index in [2.05, 4.69) is 113 Å². The van der Waals surface area contributed by atoms with Gasteiger partial charge >= 0.3 is 0 Å². The molecule has 0 saturated heterocycles.